The van der Waals surface area contributed by atoms with Gasteiger partial charge in [0.1, 0.15) is 5.75 Å². The van der Waals surface area contributed by atoms with Gasteiger partial charge in [-0.1, -0.05) is 22.9 Å². The Kier molecular flexibility index (Phi) is 7.85. The summed E-state index contributed by atoms with van der Waals surface area (Å²) in [4.78, 5) is 6.90. The zero-order valence-corrected chi connectivity index (χ0v) is 16.5. The van der Waals surface area contributed by atoms with Gasteiger partial charge in [0, 0.05) is 42.8 Å². The van der Waals surface area contributed by atoms with E-state index in [9.17, 15) is 0 Å². The maximum Gasteiger partial charge on any atom is 0.191 e. The Bertz CT molecular complexity index is 542. The lowest BCUT2D eigenvalue weighted by atomic mass is 10.1. The predicted molar refractivity (Wildman–Crippen MR) is 104 cm³/mol. The first kappa shape index (κ1) is 19.1. The number of guanidine groups is 1. The molecule has 0 atom stereocenters. The molecule has 1 saturated heterocycles. The summed E-state index contributed by atoms with van der Waals surface area (Å²) in [6.07, 6.45) is 3.57. The van der Waals surface area contributed by atoms with Crippen LogP contribution in [0.25, 0.3) is 0 Å². The molecule has 0 aromatic heterocycles. The molecular formula is C18H29BrN4O. The van der Waals surface area contributed by atoms with Crippen molar-refractivity contribution >= 4 is 21.9 Å². The average molecular weight is 397 g/mol. The summed E-state index contributed by atoms with van der Waals surface area (Å²) in [6.45, 7) is 6.47. The summed E-state index contributed by atoms with van der Waals surface area (Å²) >= 11 is 3.51. The van der Waals surface area contributed by atoms with Crippen molar-refractivity contribution in [2.24, 2.45) is 4.99 Å². The Morgan fingerprint density at radius 3 is 2.75 bits per heavy atom. The van der Waals surface area contributed by atoms with Crippen LogP contribution in [0.2, 0.25) is 0 Å². The van der Waals surface area contributed by atoms with Gasteiger partial charge in [-0.15, -0.1) is 0 Å². The molecule has 0 bridgehead atoms. The van der Waals surface area contributed by atoms with Crippen molar-refractivity contribution in [2.75, 3.05) is 33.8 Å². The van der Waals surface area contributed by atoms with Gasteiger partial charge in [-0.3, -0.25) is 4.99 Å². The van der Waals surface area contributed by atoms with Gasteiger partial charge in [0.15, 0.2) is 5.96 Å². The van der Waals surface area contributed by atoms with E-state index in [1.54, 1.807) is 7.11 Å². The highest BCUT2D eigenvalue weighted by Gasteiger charge is 2.19. The van der Waals surface area contributed by atoms with E-state index in [1.807, 2.05) is 19.2 Å². The number of ether oxygens (including phenoxy) is 1. The van der Waals surface area contributed by atoms with Crippen molar-refractivity contribution < 1.29 is 4.74 Å². The van der Waals surface area contributed by atoms with Gasteiger partial charge in [0.25, 0.3) is 0 Å². The Labute approximate surface area is 154 Å². The fourth-order valence-corrected chi connectivity index (χ4v) is 3.48. The van der Waals surface area contributed by atoms with Crippen LogP contribution in [0.4, 0.5) is 0 Å². The average Bonchev–Trinajstić information content (AvgIpc) is 2.60. The molecule has 0 unspecified atom stereocenters. The van der Waals surface area contributed by atoms with Crippen molar-refractivity contribution in [3.8, 4) is 5.75 Å². The fraction of sp³-hybridized carbons (Fsp3) is 0.611. The fourth-order valence-electron chi connectivity index (χ4n) is 3.07. The lowest BCUT2D eigenvalue weighted by Gasteiger charge is -2.32. The van der Waals surface area contributed by atoms with Gasteiger partial charge < -0.3 is 20.3 Å². The summed E-state index contributed by atoms with van der Waals surface area (Å²) in [5.74, 6) is 1.74. The lowest BCUT2D eigenvalue weighted by Crippen LogP contribution is -2.48. The SMILES string of the molecule is CCCN1CCC(NC(=NC)NCc2cc(Br)ccc2OC)CC1. The molecule has 1 aliphatic heterocycles. The van der Waals surface area contributed by atoms with Crippen molar-refractivity contribution in [2.45, 2.75) is 38.8 Å². The Morgan fingerprint density at radius 2 is 2.12 bits per heavy atom. The number of piperidine rings is 1. The molecule has 2 rings (SSSR count). The molecule has 0 spiro atoms. The van der Waals surface area contributed by atoms with E-state index >= 15 is 0 Å². The molecule has 5 nitrogen and oxygen atoms in total. The normalized spacial score (nSPS) is 16.9. The maximum absolute atomic E-state index is 5.42. The number of aliphatic imine (C=N–C) groups is 1. The first-order chi connectivity index (χ1) is 11.7. The number of hydrogen-bond acceptors (Lipinski definition) is 3. The highest BCUT2D eigenvalue weighted by molar-refractivity contribution is 9.10. The van der Waals surface area contributed by atoms with Crippen molar-refractivity contribution in [3.63, 3.8) is 0 Å². The number of hydrogen-bond donors (Lipinski definition) is 2. The standard InChI is InChI=1S/C18H29BrN4O/c1-4-9-23-10-7-16(8-11-23)22-18(20-2)21-13-14-12-15(19)5-6-17(14)24-3/h5-6,12,16H,4,7-11,13H2,1-3H3,(H2,20,21,22). The molecule has 2 N–H and O–H groups in total. The minimum Gasteiger partial charge on any atom is -0.496 e. The number of rotatable bonds is 6. The first-order valence-corrected chi connectivity index (χ1v) is 9.47. The lowest BCUT2D eigenvalue weighted by molar-refractivity contribution is 0.206. The number of benzene rings is 1. The second-order valence-corrected chi connectivity index (χ2v) is 7.06. The van der Waals surface area contributed by atoms with E-state index in [4.69, 9.17) is 4.74 Å². The van der Waals surface area contributed by atoms with Crippen LogP contribution in [-0.4, -0.2) is 50.7 Å². The van der Waals surface area contributed by atoms with Gasteiger partial charge >= 0.3 is 0 Å². The molecule has 0 radical (unpaired) electrons. The summed E-state index contributed by atoms with van der Waals surface area (Å²) < 4.78 is 6.47. The third-order valence-corrected chi connectivity index (χ3v) is 4.87. The van der Waals surface area contributed by atoms with Crippen LogP contribution in [-0.2, 0) is 6.54 Å². The molecule has 6 heteroatoms. The van der Waals surface area contributed by atoms with Gasteiger partial charge in [-0.2, -0.15) is 0 Å². The van der Waals surface area contributed by atoms with Crippen LogP contribution in [0.15, 0.2) is 27.7 Å². The molecule has 0 saturated carbocycles. The van der Waals surface area contributed by atoms with Crippen LogP contribution in [0, 0.1) is 0 Å². The number of likely N-dealkylation sites (tertiary alicyclic amines) is 1. The summed E-state index contributed by atoms with van der Waals surface area (Å²) in [6, 6.07) is 6.52. The van der Waals surface area contributed by atoms with E-state index in [0.29, 0.717) is 12.6 Å². The van der Waals surface area contributed by atoms with Gasteiger partial charge in [-0.05, 0) is 44.0 Å². The second-order valence-electron chi connectivity index (χ2n) is 6.14. The zero-order valence-electron chi connectivity index (χ0n) is 14.9. The van der Waals surface area contributed by atoms with Crippen molar-refractivity contribution in [1.82, 2.24) is 15.5 Å². The molecule has 1 aromatic rings. The largest absolute Gasteiger partial charge is 0.496 e. The summed E-state index contributed by atoms with van der Waals surface area (Å²) in [5, 5.41) is 6.95. The molecule has 0 aliphatic carbocycles. The van der Waals surface area contributed by atoms with Crippen LogP contribution in [0.3, 0.4) is 0 Å². The van der Waals surface area contributed by atoms with Crippen LogP contribution < -0.4 is 15.4 Å². The minimum absolute atomic E-state index is 0.494. The molecular weight excluding hydrogens is 368 g/mol. The number of methoxy groups -OCH3 is 1. The second kappa shape index (κ2) is 9.89. The Hall–Kier alpha value is -1.27. The van der Waals surface area contributed by atoms with E-state index in [-0.39, 0.29) is 0 Å². The topological polar surface area (TPSA) is 48.9 Å². The quantitative estimate of drug-likeness (QED) is 0.573. The predicted octanol–water partition coefficient (Wildman–Crippen LogP) is 3.00. The van der Waals surface area contributed by atoms with Crippen molar-refractivity contribution in [3.05, 3.63) is 28.2 Å². The minimum atomic E-state index is 0.494. The van der Waals surface area contributed by atoms with Crippen LogP contribution in [0.5, 0.6) is 5.75 Å². The van der Waals surface area contributed by atoms with Crippen LogP contribution >= 0.6 is 15.9 Å². The number of nitrogens with zero attached hydrogens (tertiary/aromatic N) is 2. The van der Waals surface area contributed by atoms with Gasteiger partial charge in [0.2, 0.25) is 0 Å². The maximum atomic E-state index is 5.42. The molecule has 0 amide bonds. The van der Waals surface area contributed by atoms with Gasteiger partial charge in [-0.25, -0.2) is 0 Å². The van der Waals surface area contributed by atoms with E-state index < -0.39 is 0 Å². The molecule has 1 aromatic carbocycles. The van der Waals surface area contributed by atoms with Crippen molar-refractivity contribution in [1.29, 1.82) is 0 Å². The molecule has 24 heavy (non-hydrogen) atoms. The smallest absolute Gasteiger partial charge is 0.191 e. The van der Waals surface area contributed by atoms with Crippen LogP contribution in [0.1, 0.15) is 31.7 Å². The first-order valence-electron chi connectivity index (χ1n) is 8.68. The van der Waals surface area contributed by atoms with E-state index in [2.05, 4.69) is 49.4 Å². The number of halogens is 1. The number of nitrogens with one attached hydrogen (secondary N) is 2. The molecule has 1 fully saturated rings. The summed E-state index contributed by atoms with van der Waals surface area (Å²) in [7, 11) is 3.52. The van der Waals surface area contributed by atoms with E-state index in [1.165, 1.54) is 38.9 Å². The third-order valence-electron chi connectivity index (χ3n) is 4.38. The highest BCUT2D eigenvalue weighted by Crippen LogP contribution is 2.22. The highest BCUT2D eigenvalue weighted by atomic mass is 79.9. The Morgan fingerprint density at radius 1 is 1.38 bits per heavy atom. The van der Waals surface area contributed by atoms with E-state index in [0.717, 1.165) is 21.7 Å². The zero-order chi connectivity index (χ0) is 17.4. The molecule has 134 valence electrons. The Balaban J connectivity index is 1.84. The summed E-state index contributed by atoms with van der Waals surface area (Å²) in [5.41, 5.74) is 1.10. The molecule has 1 heterocycles. The van der Waals surface area contributed by atoms with Gasteiger partial charge in [0.05, 0.1) is 7.11 Å². The monoisotopic (exact) mass is 396 g/mol. The molecule has 1 aliphatic rings. The third kappa shape index (κ3) is 5.67.